The van der Waals surface area contributed by atoms with Crippen molar-refractivity contribution >= 4 is 0 Å². The van der Waals surface area contributed by atoms with Crippen molar-refractivity contribution in [3.63, 3.8) is 0 Å². The fraction of sp³-hybridized carbons (Fsp3) is 0.538. The molecule has 1 rings (SSSR count). The minimum atomic E-state index is 0.431. The van der Waals surface area contributed by atoms with Crippen molar-refractivity contribution in [3.8, 4) is 11.5 Å². The van der Waals surface area contributed by atoms with Gasteiger partial charge in [-0.25, -0.2) is 0 Å². The van der Waals surface area contributed by atoms with Gasteiger partial charge in [0, 0.05) is 12.1 Å². The minimum Gasteiger partial charge on any atom is -0.496 e. The molecule has 0 bridgehead atoms. The Labute approximate surface area is 97.6 Å². The van der Waals surface area contributed by atoms with Crippen LogP contribution in [-0.4, -0.2) is 14.2 Å². The Kier molecular flexibility index (Phi) is 5.12. The molecule has 0 saturated carbocycles. The van der Waals surface area contributed by atoms with Crippen LogP contribution in [0.2, 0.25) is 0 Å². The van der Waals surface area contributed by atoms with Crippen LogP contribution in [0.3, 0.4) is 0 Å². The van der Waals surface area contributed by atoms with E-state index in [2.05, 4.69) is 19.1 Å². The number of methoxy groups -OCH3 is 2. The van der Waals surface area contributed by atoms with Gasteiger partial charge in [0.2, 0.25) is 0 Å². The lowest BCUT2D eigenvalue weighted by Gasteiger charge is -2.14. The van der Waals surface area contributed by atoms with E-state index in [-0.39, 0.29) is 0 Å². The van der Waals surface area contributed by atoms with E-state index in [0.717, 1.165) is 23.5 Å². The molecular weight excluding hydrogens is 202 g/mol. The first-order valence-corrected chi connectivity index (χ1v) is 5.70. The summed E-state index contributed by atoms with van der Waals surface area (Å²) in [6.07, 6.45) is 3.41. The number of aryl methyl sites for hydroxylation is 1. The zero-order valence-electron chi connectivity index (χ0n) is 10.4. The molecule has 2 N–H and O–H groups in total. The Morgan fingerprint density at radius 3 is 2.06 bits per heavy atom. The molecule has 3 heteroatoms. The quantitative estimate of drug-likeness (QED) is 0.806. The molecule has 3 nitrogen and oxygen atoms in total. The van der Waals surface area contributed by atoms with E-state index in [1.165, 1.54) is 18.4 Å². The summed E-state index contributed by atoms with van der Waals surface area (Å²) in [6, 6.07) is 4.11. The van der Waals surface area contributed by atoms with Crippen LogP contribution in [0, 0.1) is 0 Å². The predicted molar refractivity (Wildman–Crippen MR) is 66.0 cm³/mol. The first kappa shape index (κ1) is 12.8. The van der Waals surface area contributed by atoms with Gasteiger partial charge in [-0.05, 0) is 30.5 Å². The molecule has 16 heavy (non-hydrogen) atoms. The molecular formula is C13H21NO2. The standard InChI is InChI=1S/C13H21NO2/c1-4-5-6-10-7-12(15-2)11(9-14)13(8-10)16-3/h7-8H,4-6,9,14H2,1-3H3. The van der Waals surface area contributed by atoms with Crippen molar-refractivity contribution in [2.75, 3.05) is 14.2 Å². The molecule has 0 atom stereocenters. The van der Waals surface area contributed by atoms with Gasteiger partial charge in [0.25, 0.3) is 0 Å². The molecule has 1 aromatic rings. The fourth-order valence-electron chi connectivity index (χ4n) is 1.76. The van der Waals surface area contributed by atoms with Crippen LogP contribution in [0.4, 0.5) is 0 Å². The summed E-state index contributed by atoms with van der Waals surface area (Å²) >= 11 is 0. The molecule has 0 unspecified atom stereocenters. The molecule has 1 aromatic carbocycles. The Morgan fingerprint density at radius 1 is 1.12 bits per heavy atom. The van der Waals surface area contributed by atoms with E-state index in [9.17, 15) is 0 Å². The first-order valence-electron chi connectivity index (χ1n) is 5.70. The van der Waals surface area contributed by atoms with Crippen LogP contribution >= 0.6 is 0 Å². The highest BCUT2D eigenvalue weighted by atomic mass is 16.5. The Bertz CT molecular complexity index is 312. The highest BCUT2D eigenvalue weighted by Crippen LogP contribution is 2.30. The minimum absolute atomic E-state index is 0.431. The number of hydrogen-bond acceptors (Lipinski definition) is 3. The molecule has 0 aliphatic carbocycles. The summed E-state index contributed by atoms with van der Waals surface area (Å²) in [6.45, 7) is 2.61. The van der Waals surface area contributed by atoms with E-state index >= 15 is 0 Å². The Balaban J connectivity index is 3.05. The lowest BCUT2D eigenvalue weighted by Crippen LogP contribution is -2.04. The molecule has 0 saturated heterocycles. The molecule has 0 aliphatic heterocycles. The third-order valence-electron chi connectivity index (χ3n) is 2.69. The summed E-state index contributed by atoms with van der Waals surface area (Å²) < 4.78 is 10.7. The van der Waals surface area contributed by atoms with Gasteiger partial charge in [0.15, 0.2) is 0 Å². The van der Waals surface area contributed by atoms with Crippen LogP contribution in [0.5, 0.6) is 11.5 Å². The van der Waals surface area contributed by atoms with E-state index in [1.807, 2.05) is 0 Å². The van der Waals surface area contributed by atoms with Crippen molar-refractivity contribution in [1.29, 1.82) is 0 Å². The molecule has 0 heterocycles. The maximum absolute atomic E-state index is 5.69. The van der Waals surface area contributed by atoms with Crippen LogP contribution in [0.25, 0.3) is 0 Å². The van der Waals surface area contributed by atoms with Crippen LogP contribution in [0.1, 0.15) is 30.9 Å². The molecule has 0 radical (unpaired) electrons. The van der Waals surface area contributed by atoms with Gasteiger partial charge in [-0.3, -0.25) is 0 Å². The van der Waals surface area contributed by atoms with Crippen LogP contribution in [-0.2, 0) is 13.0 Å². The van der Waals surface area contributed by atoms with E-state index in [0.29, 0.717) is 6.54 Å². The number of ether oxygens (including phenoxy) is 2. The average molecular weight is 223 g/mol. The van der Waals surface area contributed by atoms with Gasteiger partial charge in [0.05, 0.1) is 14.2 Å². The smallest absolute Gasteiger partial charge is 0.127 e. The summed E-state index contributed by atoms with van der Waals surface area (Å²) in [4.78, 5) is 0. The lowest BCUT2D eigenvalue weighted by atomic mass is 10.0. The van der Waals surface area contributed by atoms with E-state index in [4.69, 9.17) is 15.2 Å². The number of benzene rings is 1. The van der Waals surface area contributed by atoms with Crippen molar-refractivity contribution < 1.29 is 9.47 Å². The average Bonchev–Trinajstić information content (AvgIpc) is 2.34. The maximum Gasteiger partial charge on any atom is 0.127 e. The zero-order valence-corrected chi connectivity index (χ0v) is 10.4. The SMILES string of the molecule is CCCCc1cc(OC)c(CN)c(OC)c1. The third kappa shape index (κ3) is 2.89. The summed E-state index contributed by atoms with van der Waals surface area (Å²) in [5, 5.41) is 0. The lowest BCUT2D eigenvalue weighted by molar-refractivity contribution is 0.384. The second kappa shape index (κ2) is 6.38. The first-order chi connectivity index (χ1) is 7.76. The molecule has 0 spiro atoms. The summed E-state index contributed by atoms with van der Waals surface area (Å²) in [5.41, 5.74) is 7.87. The van der Waals surface area contributed by atoms with Gasteiger partial charge in [-0.2, -0.15) is 0 Å². The second-order valence-corrected chi connectivity index (χ2v) is 3.79. The van der Waals surface area contributed by atoms with Gasteiger partial charge >= 0.3 is 0 Å². The monoisotopic (exact) mass is 223 g/mol. The van der Waals surface area contributed by atoms with Gasteiger partial charge < -0.3 is 15.2 Å². The molecule has 0 amide bonds. The predicted octanol–water partition coefficient (Wildman–Crippen LogP) is 2.51. The number of rotatable bonds is 6. The van der Waals surface area contributed by atoms with Gasteiger partial charge in [-0.15, -0.1) is 0 Å². The summed E-state index contributed by atoms with van der Waals surface area (Å²) in [5.74, 6) is 1.65. The van der Waals surface area contributed by atoms with E-state index in [1.54, 1.807) is 14.2 Å². The van der Waals surface area contributed by atoms with Crippen molar-refractivity contribution in [2.45, 2.75) is 32.7 Å². The van der Waals surface area contributed by atoms with Gasteiger partial charge in [-0.1, -0.05) is 13.3 Å². The normalized spacial score (nSPS) is 10.2. The number of nitrogens with two attached hydrogens (primary N) is 1. The summed E-state index contributed by atoms with van der Waals surface area (Å²) in [7, 11) is 3.33. The van der Waals surface area contributed by atoms with Crippen LogP contribution in [0.15, 0.2) is 12.1 Å². The number of unbranched alkanes of at least 4 members (excludes halogenated alkanes) is 1. The largest absolute Gasteiger partial charge is 0.496 e. The Hall–Kier alpha value is -1.22. The van der Waals surface area contributed by atoms with Crippen molar-refractivity contribution in [1.82, 2.24) is 0 Å². The topological polar surface area (TPSA) is 44.5 Å². The molecule has 90 valence electrons. The maximum atomic E-state index is 5.69. The Morgan fingerprint density at radius 2 is 1.69 bits per heavy atom. The molecule has 0 aliphatic rings. The second-order valence-electron chi connectivity index (χ2n) is 3.79. The highest BCUT2D eigenvalue weighted by Gasteiger charge is 2.10. The van der Waals surface area contributed by atoms with E-state index < -0.39 is 0 Å². The number of hydrogen-bond donors (Lipinski definition) is 1. The van der Waals surface area contributed by atoms with Crippen molar-refractivity contribution in [3.05, 3.63) is 23.3 Å². The van der Waals surface area contributed by atoms with Crippen LogP contribution < -0.4 is 15.2 Å². The highest BCUT2D eigenvalue weighted by molar-refractivity contribution is 5.48. The fourth-order valence-corrected chi connectivity index (χ4v) is 1.76. The molecule has 0 fully saturated rings. The zero-order chi connectivity index (χ0) is 12.0. The van der Waals surface area contributed by atoms with Gasteiger partial charge in [0.1, 0.15) is 11.5 Å². The third-order valence-corrected chi connectivity index (χ3v) is 2.69. The van der Waals surface area contributed by atoms with Crippen molar-refractivity contribution in [2.24, 2.45) is 5.73 Å². The molecule has 0 aromatic heterocycles.